The summed E-state index contributed by atoms with van der Waals surface area (Å²) in [4.78, 5) is 14.4. The van der Waals surface area contributed by atoms with Crippen LogP contribution in [0.5, 0.6) is 0 Å². The monoisotopic (exact) mass is 267 g/mol. The number of hydrogen-bond donors (Lipinski definition) is 0. The molecule has 0 bridgehead atoms. The van der Waals surface area contributed by atoms with E-state index in [2.05, 4.69) is 25.7 Å². The lowest BCUT2D eigenvalue weighted by atomic mass is 9.77. The van der Waals surface area contributed by atoms with Crippen molar-refractivity contribution in [2.24, 2.45) is 17.3 Å². The summed E-state index contributed by atoms with van der Waals surface area (Å²) in [6.45, 7) is 9.13. The van der Waals surface area contributed by atoms with Crippen LogP contribution in [0.1, 0.15) is 52.9 Å². The molecule has 0 amide bonds. The zero-order chi connectivity index (χ0) is 14.0. The first kappa shape index (κ1) is 14.8. The van der Waals surface area contributed by atoms with Gasteiger partial charge in [0.2, 0.25) is 0 Å². The van der Waals surface area contributed by atoms with Crippen molar-refractivity contribution in [3.05, 3.63) is 0 Å². The first-order valence-electron chi connectivity index (χ1n) is 7.75. The highest BCUT2D eigenvalue weighted by molar-refractivity contribution is 5.76. The molecule has 1 aliphatic carbocycles. The average molecular weight is 267 g/mol. The van der Waals surface area contributed by atoms with Crippen molar-refractivity contribution >= 4 is 5.97 Å². The Labute approximate surface area is 117 Å². The van der Waals surface area contributed by atoms with Crippen LogP contribution in [0.3, 0.4) is 0 Å². The van der Waals surface area contributed by atoms with Crippen LogP contribution in [0.25, 0.3) is 0 Å². The van der Waals surface area contributed by atoms with E-state index < -0.39 is 0 Å². The quantitative estimate of drug-likeness (QED) is 0.736. The van der Waals surface area contributed by atoms with E-state index in [4.69, 9.17) is 4.74 Å². The molecule has 2 rings (SSSR count). The first-order chi connectivity index (χ1) is 8.93. The van der Waals surface area contributed by atoms with Gasteiger partial charge in [0.15, 0.2) is 0 Å². The Balaban J connectivity index is 1.99. The summed E-state index contributed by atoms with van der Waals surface area (Å²) in [7, 11) is 1.52. The molecular formula is C16H29NO2. The van der Waals surface area contributed by atoms with E-state index >= 15 is 0 Å². The molecule has 1 saturated carbocycles. The summed E-state index contributed by atoms with van der Waals surface area (Å²) in [5.41, 5.74) is 0.385. The zero-order valence-corrected chi connectivity index (χ0v) is 12.9. The lowest BCUT2D eigenvalue weighted by Crippen LogP contribution is -2.44. The first-order valence-corrected chi connectivity index (χ1v) is 7.75. The number of methoxy groups -OCH3 is 1. The third kappa shape index (κ3) is 3.71. The lowest BCUT2D eigenvalue weighted by molar-refractivity contribution is -0.147. The molecule has 2 unspecified atom stereocenters. The predicted octanol–water partition coefficient (Wildman–Crippen LogP) is 3.09. The Hall–Kier alpha value is -0.570. The Morgan fingerprint density at radius 3 is 2.37 bits per heavy atom. The summed E-state index contributed by atoms with van der Waals surface area (Å²) < 4.78 is 5.02. The molecule has 1 aliphatic heterocycles. The molecule has 2 fully saturated rings. The van der Waals surface area contributed by atoms with Gasteiger partial charge < -0.3 is 4.74 Å². The van der Waals surface area contributed by atoms with E-state index in [0.717, 1.165) is 19.0 Å². The Kier molecular flexibility index (Phi) is 4.54. The van der Waals surface area contributed by atoms with Crippen LogP contribution in [-0.2, 0) is 9.53 Å². The van der Waals surface area contributed by atoms with E-state index in [0.29, 0.717) is 11.3 Å². The fourth-order valence-corrected chi connectivity index (χ4v) is 3.44. The van der Waals surface area contributed by atoms with Gasteiger partial charge in [0.05, 0.1) is 7.11 Å². The van der Waals surface area contributed by atoms with Gasteiger partial charge in [-0.25, -0.2) is 0 Å². The van der Waals surface area contributed by atoms with Gasteiger partial charge in [-0.05, 0) is 62.4 Å². The fourth-order valence-electron chi connectivity index (χ4n) is 3.44. The molecule has 1 heterocycles. The van der Waals surface area contributed by atoms with E-state index in [9.17, 15) is 4.79 Å². The number of esters is 1. The molecule has 0 aromatic heterocycles. The van der Waals surface area contributed by atoms with Gasteiger partial charge in [-0.15, -0.1) is 0 Å². The molecule has 0 aromatic carbocycles. The number of nitrogens with zero attached hydrogens (tertiary/aromatic N) is 1. The molecule has 19 heavy (non-hydrogen) atoms. The molecule has 3 nitrogen and oxygen atoms in total. The molecule has 3 heteroatoms. The molecule has 2 atom stereocenters. The van der Waals surface area contributed by atoms with Crippen molar-refractivity contribution in [3.63, 3.8) is 0 Å². The standard InChI is InChI=1S/C16H29NO2/c1-16(2,3)13-6-5-10-17(11-9-13)14(12-7-8-12)15(18)19-4/h12-14H,5-11H2,1-4H3. The number of carbonyl (C=O) groups is 1. The van der Waals surface area contributed by atoms with E-state index in [1.54, 1.807) is 0 Å². The second-order valence-electron chi connectivity index (χ2n) is 7.34. The normalized spacial score (nSPS) is 27.7. The highest BCUT2D eigenvalue weighted by Gasteiger charge is 2.41. The second-order valence-corrected chi connectivity index (χ2v) is 7.34. The fraction of sp³-hybridized carbons (Fsp3) is 0.938. The molecule has 1 saturated heterocycles. The number of carbonyl (C=O) groups excluding carboxylic acids is 1. The average Bonchev–Trinajstić information content (AvgIpc) is 3.14. The van der Waals surface area contributed by atoms with E-state index in [-0.39, 0.29) is 12.0 Å². The summed E-state index contributed by atoms with van der Waals surface area (Å²) >= 11 is 0. The van der Waals surface area contributed by atoms with Crippen molar-refractivity contribution < 1.29 is 9.53 Å². The highest BCUT2D eigenvalue weighted by atomic mass is 16.5. The third-order valence-corrected chi connectivity index (χ3v) is 4.89. The van der Waals surface area contributed by atoms with Crippen LogP contribution in [0.4, 0.5) is 0 Å². The van der Waals surface area contributed by atoms with Crippen molar-refractivity contribution in [2.45, 2.75) is 58.9 Å². The number of ether oxygens (including phenoxy) is 1. The maximum atomic E-state index is 12.0. The molecule has 0 N–H and O–H groups in total. The predicted molar refractivity (Wildman–Crippen MR) is 76.9 cm³/mol. The van der Waals surface area contributed by atoms with Crippen molar-refractivity contribution in [1.29, 1.82) is 0 Å². The van der Waals surface area contributed by atoms with Crippen LogP contribution in [0, 0.1) is 17.3 Å². The molecule has 110 valence electrons. The van der Waals surface area contributed by atoms with Gasteiger partial charge in [0.1, 0.15) is 6.04 Å². The SMILES string of the molecule is COC(=O)C(C1CC1)N1CCCC(C(C)(C)C)CC1. The minimum Gasteiger partial charge on any atom is -0.468 e. The smallest absolute Gasteiger partial charge is 0.323 e. The van der Waals surface area contributed by atoms with Gasteiger partial charge in [-0.3, -0.25) is 9.69 Å². The third-order valence-electron chi connectivity index (χ3n) is 4.89. The summed E-state index contributed by atoms with van der Waals surface area (Å²) in [6.07, 6.45) is 6.10. The Morgan fingerprint density at radius 2 is 1.84 bits per heavy atom. The second kappa shape index (κ2) is 5.82. The Bertz CT molecular complexity index is 317. The van der Waals surface area contributed by atoms with Gasteiger partial charge in [0, 0.05) is 0 Å². The molecule has 0 spiro atoms. The van der Waals surface area contributed by atoms with Crippen LogP contribution in [0.15, 0.2) is 0 Å². The van der Waals surface area contributed by atoms with Crippen LogP contribution in [0.2, 0.25) is 0 Å². The van der Waals surface area contributed by atoms with E-state index in [1.165, 1.54) is 39.2 Å². The maximum Gasteiger partial charge on any atom is 0.323 e. The van der Waals surface area contributed by atoms with Gasteiger partial charge >= 0.3 is 5.97 Å². The highest BCUT2D eigenvalue weighted by Crippen LogP contribution is 2.39. The minimum atomic E-state index is -0.0169. The van der Waals surface area contributed by atoms with Gasteiger partial charge in [-0.1, -0.05) is 20.8 Å². The summed E-state index contributed by atoms with van der Waals surface area (Å²) in [6, 6.07) is 0.0312. The Morgan fingerprint density at radius 1 is 1.16 bits per heavy atom. The molecule has 0 radical (unpaired) electrons. The lowest BCUT2D eigenvalue weighted by Gasteiger charge is -2.31. The molecule has 0 aromatic rings. The summed E-state index contributed by atoms with van der Waals surface area (Å²) in [5.74, 6) is 1.31. The van der Waals surface area contributed by atoms with Crippen LogP contribution < -0.4 is 0 Å². The number of likely N-dealkylation sites (tertiary alicyclic amines) is 1. The molecule has 2 aliphatic rings. The largest absolute Gasteiger partial charge is 0.468 e. The van der Waals surface area contributed by atoms with Crippen molar-refractivity contribution in [2.75, 3.05) is 20.2 Å². The minimum absolute atomic E-state index is 0.0169. The zero-order valence-electron chi connectivity index (χ0n) is 12.9. The summed E-state index contributed by atoms with van der Waals surface area (Å²) in [5, 5.41) is 0. The van der Waals surface area contributed by atoms with Crippen molar-refractivity contribution in [3.8, 4) is 0 Å². The van der Waals surface area contributed by atoms with Gasteiger partial charge in [-0.2, -0.15) is 0 Å². The van der Waals surface area contributed by atoms with Crippen LogP contribution in [-0.4, -0.2) is 37.1 Å². The van der Waals surface area contributed by atoms with Gasteiger partial charge in [0.25, 0.3) is 0 Å². The van der Waals surface area contributed by atoms with E-state index in [1.807, 2.05) is 0 Å². The molecular weight excluding hydrogens is 238 g/mol. The number of rotatable bonds is 3. The maximum absolute atomic E-state index is 12.0. The van der Waals surface area contributed by atoms with Crippen LogP contribution >= 0.6 is 0 Å². The number of hydrogen-bond acceptors (Lipinski definition) is 3. The topological polar surface area (TPSA) is 29.5 Å². The van der Waals surface area contributed by atoms with Crippen molar-refractivity contribution in [1.82, 2.24) is 4.90 Å².